The molecule has 9 nitrogen and oxygen atoms in total. The largest absolute Gasteiger partial charge is 0.337 e. The highest BCUT2D eigenvalue weighted by atomic mass is 19.3. The predicted octanol–water partition coefficient (Wildman–Crippen LogP) is 2.09. The first-order valence-corrected chi connectivity index (χ1v) is 10.5. The summed E-state index contributed by atoms with van der Waals surface area (Å²) in [6, 6.07) is 3.70. The zero-order valence-electron chi connectivity index (χ0n) is 17.9. The minimum atomic E-state index is -2.77. The summed E-state index contributed by atoms with van der Waals surface area (Å²) in [6.07, 6.45) is 1.16. The fraction of sp³-hybridized carbons (Fsp3) is 0.381. The Morgan fingerprint density at radius 2 is 2.00 bits per heavy atom. The highest BCUT2D eigenvalue weighted by Gasteiger charge is 2.59. The number of aryl methyl sites for hydroxylation is 1. The minimum Gasteiger partial charge on any atom is -0.337 e. The molecule has 2 amide bonds. The van der Waals surface area contributed by atoms with Crippen LogP contribution in [-0.4, -0.2) is 55.4 Å². The van der Waals surface area contributed by atoms with E-state index >= 15 is 0 Å². The van der Waals surface area contributed by atoms with E-state index in [9.17, 15) is 27.2 Å². The predicted molar refractivity (Wildman–Crippen MR) is 109 cm³/mol. The third-order valence-electron chi connectivity index (χ3n) is 5.95. The van der Waals surface area contributed by atoms with Crippen LogP contribution in [0.15, 0.2) is 30.6 Å². The van der Waals surface area contributed by atoms with Crippen LogP contribution in [0.4, 0.5) is 23.4 Å². The maximum absolute atomic E-state index is 13.9. The Balaban J connectivity index is 1.25. The number of hydrogen-bond donors (Lipinski definition) is 1. The molecule has 0 bridgehead atoms. The number of aromatic nitrogens is 5. The number of likely N-dealkylation sites (N-methyl/N-ethyl adjacent to an activating group) is 1. The topological polar surface area (TPSA) is 97.9 Å². The molecule has 178 valence electrons. The highest BCUT2D eigenvalue weighted by molar-refractivity contribution is 6.00. The summed E-state index contributed by atoms with van der Waals surface area (Å²) < 4.78 is 56.4. The van der Waals surface area contributed by atoms with Gasteiger partial charge in [0.25, 0.3) is 17.7 Å². The Morgan fingerprint density at radius 3 is 2.71 bits per heavy atom. The van der Waals surface area contributed by atoms with Gasteiger partial charge < -0.3 is 5.32 Å². The lowest BCUT2D eigenvalue weighted by atomic mass is 10.2. The molecule has 3 heterocycles. The summed E-state index contributed by atoms with van der Waals surface area (Å²) in [5.41, 5.74) is 0.408. The van der Waals surface area contributed by atoms with Crippen LogP contribution in [0.2, 0.25) is 0 Å². The quantitative estimate of drug-likeness (QED) is 0.568. The van der Waals surface area contributed by atoms with Gasteiger partial charge in [-0.05, 0) is 12.5 Å². The molecule has 0 spiro atoms. The Morgan fingerprint density at radius 1 is 1.24 bits per heavy atom. The molecule has 1 saturated carbocycles. The molecule has 13 heteroatoms. The van der Waals surface area contributed by atoms with Crippen molar-refractivity contribution in [1.29, 1.82) is 0 Å². The Hall–Kier alpha value is -3.77. The van der Waals surface area contributed by atoms with Crippen molar-refractivity contribution in [2.75, 3.05) is 11.9 Å². The van der Waals surface area contributed by atoms with Crippen LogP contribution >= 0.6 is 0 Å². The second kappa shape index (κ2) is 7.92. The number of nitrogens with zero attached hydrogens (tertiary/aromatic N) is 6. The Labute approximate surface area is 190 Å². The van der Waals surface area contributed by atoms with Crippen LogP contribution in [0, 0.1) is 11.6 Å². The first-order chi connectivity index (χ1) is 16.1. The summed E-state index contributed by atoms with van der Waals surface area (Å²) >= 11 is 0. The summed E-state index contributed by atoms with van der Waals surface area (Å²) in [5, 5.41) is 10.8. The lowest BCUT2D eigenvalue weighted by Crippen LogP contribution is -2.47. The van der Waals surface area contributed by atoms with Gasteiger partial charge in [-0.15, -0.1) is 5.10 Å². The van der Waals surface area contributed by atoms with E-state index in [2.05, 4.69) is 20.5 Å². The number of anilines is 1. The van der Waals surface area contributed by atoms with Gasteiger partial charge in [0.15, 0.2) is 0 Å². The van der Waals surface area contributed by atoms with E-state index < -0.39 is 41.3 Å². The number of carbonyl (C=O) groups excluding carboxylic acids is 2. The van der Waals surface area contributed by atoms with Crippen molar-refractivity contribution < 1.29 is 27.2 Å². The standard InChI is InChI=1S/C21H19F4N7O2/c1-30-17-7-16(13-8-21(13,24)25)28-32(17)5-4-15(20(30)34)27-19(33)18-26-10-31(29-18)9-11-2-3-12(22)6-14(11)23/h2-3,6-7,10,13,15H,4-5,8-9H2,1H3,(H,27,33)/t13-,15+/m1/s1. The number of nitrogens with one attached hydrogen (secondary N) is 1. The van der Waals surface area contributed by atoms with Crippen molar-refractivity contribution in [1.82, 2.24) is 29.9 Å². The number of halogens is 4. The molecule has 1 aromatic carbocycles. The van der Waals surface area contributed by atoms with E-state index in [0.717, 1.165) is 12.1 Å². The molecular formula is C21H19F4N7O2. The maximum atomic E-state index is 13.9. The average molecular weight is 477 g/mol. The number of hydrogen-bond acceptors (Lipinski definition) is 5. The van der Waals surface area contributed by atoms with E-state index in [1.165, 1.54) is 39.8 Å². The van der Waals surface area contributed by atoms with Gasteiger partial charge in [0.2, 0.25) is 5.82 Å². The summed E-state index contributed by atoms with van der Waals surface area (Å²) in [6.45, 7) is 0.168. The molecule has 0 saturated heterocycles. The van der Waals surface area contributed by atoms with Crippen molar-refractivity contribution >= 4 is 17.6 Å². The van der Waals surface area contributed by atoms with E-state index in [4.69, 9.17) is 0 Å². The third kappa shape index (κ3) is 4.01. The molecular weight excluding hydrogens is 458 g/mol. The van der Waals surface area contributed by atoms with E-state index in [1.54, 1.807) is 0 Å². The van der Waals surface area contributed by atoms with Crippen molar-refractivity contribution in [3.05, 3.63) is 59.3 Å². The lowest BCUT2D eigenvalue weighted by molar-refractivity contribution is -0.120. The van der Waals surface area contributed by atoms with Gasteiger partial charge in [0, 0.05) is 37.7 Å². The van der Waals surface area contributed by atoms with Gasteiger partial charge in [-0.2, -0.15) is 5.10 Å². The summed E-state index contributed by atoms with van der Waals surface area (Å²) in [5.74, 6) is -6.15. The highest BCUT2D eigenvalue weighted by Crippen LogP contribution is 2.55. The first kappa shape index (κ1) is 22.0. The minimum absolute atomic E-state index is 0.0685. The van der Waals surface area contributed by atoms with Gasteiger partial charge in [-0.1, -0.05) is 6.07 Å². The molecule has 34 heavy (non-hydrogen) atoms. The van der Waals surface area contributed by atoms with Crippen LogP contribution in [0.3, 0.4) is 0 Å². The van der Waals surface area contributed by atoms with Crippen molar-refractivity contribution in [2.24, 2.45) is 0 Å². The zero-order chi connectivity index (χ0) is 24.2. The maximum Gasteiger partial charge on any atom is 0.291 e. The fourth-order valence-electron chi connectivity index (χ4n) is 3.94. The summed E-state index contributed by atoms with van der Waals surface area (Å²) in [7, 11) is 1.49. The monoisotopic (exact) mass is 477 g/mol. The number of benzene rings is 1. The van der Waals surface area contributed by atoms with Crippen LogP contribution < -0.4 is 10.2 Å². The van der Waals surface area contributed by atoms with Crippen molar-refractivity contribution in [2.45, 2.75) is 43.8 Å². The summed E-state index contributed by atoms with van der Waals surface area (Å²) in [4.78, 5) is 30.7. The Kier molecular flexibility index (Phi) is 5.14. The number of alkyl halides is 2. The van der Waals surface area contributed by atoms with Gasteiger partial charge >= 0.3 is 0 Å². The Bertz CT molecular complexity index is 1290. The molecule has 3 aromatic rings. The van der Waals surface area contributed by atoms with Gasteiger partial charge in [0.05, 0.1) is 18.2 Å². The second-order valence-corrected chi connectivity index (χ2v) is 8.38. The van der Waals surface area contributed by atoms with Crippen molar-refractivity contribution in [3.8, 4) is 0 Å². The molecule has 2 aromatic heterocycles. The zero-order valence-corrected chi connectivity index (χ0v) is 17.9. The molecule has 2 aliphatic rings. The molecule has 1 aliphatic carbocycles. The van der Waals surface area contributed by atoms with Gasteiger partial charge in [-0.25, -0.2) is 31.9 Å². The molecule has 1 N–H and O–H groups in total. The molecule has 0 radical (unpaired) electrons. The fourth-order valence-corrected chi connectivity index (χ4v) is 3.94. The first-order valence-electron chi connectivity index (χ1n) is 10.5. The average Bonchev–Trinajstić information content (AvgIpc) is 3.14. The molecule has 5 rings (SSSR count). The van der Waals surface area contributed by atoms with Gasteiger partial charge in [0.1, 0.15) is 29.8 Å². The lowest BCUT2D eigenvalue weighted by Gasteiger charge is -2.19. The number of amides is 2. The molecule has 1 fully saturated rings. The van der Waals surface area contributed by atoms with Crippen LogP contribution in [-0.2, 0) is 17.9 Å². The molecule has 0 unspecified atom stereocenters. The number of carbonyl (C=O) groups is 2. The van der Waals surface area contributed by atoms with Gasteiger partial charge in [-0.3, -0.25) is 14.5 Å². The van der Waals surface area contributed by atoms with Crippen LogP contribution in [0.5, 0.6) is 0 Å². The number of rotatable bonds is 5. The second-order valence-electron chi connectivity index (χ2n) is 8.38. The number of fused-ring (bicyclic) bond motifs is 1. The van der Waals surface area contributed by atoms with E-state index in [-0.39, 0.29) is 43.0 Å². The van der Waals surface area contributed by atoms with E-state index in [1.807, 2.05) is 0 Å². The van der Waals surface area contributed by atoms with Crippen LogP contribution in [0.1, 0.15) is 40.6 Å². The van der Waals surface area contributed by atoms with Crippen molar-refractivity contribution in [3.63, 3.8) is 0 Å². The normalized spacial score (nSPS) is 21.2. The molecule has 2 atom stereocenters. The van der Waals surface area contributed by atoms with E-state index in [0.29, 0.717) is 5.82 Å². The van der Waals surface area contributed by atoms with Crippen LogP contribution in [0.25, 0.3) is 0 Å². The third-order valence-corrected chi connectivity index (χ3v) is 5.95. The smallest absolute Gasteiger partial charge is 0.291 e. The molecule has 1 aliphatic heterocycles. The SMILES string of the molecule is CN1C(=O)[C@@H](NC(=O)c2ncn(Cc3ccc(F)cc3F)n2)CCn2nc([C@H]3CC3(F)F)cc21.